The van der Waals surface area contributed by atoms with Gasteiger partial charge < -0.3 is 5.32 Å². The van der Waals surface area contributed by atoms with Crippen LogP contribution >= 0.6 is 11.3 Å². The first-order chi connectivity index (χ1) is 6.34. The van der Waals surface area contributed by atoms with Crippen molar-refractivity contribution in [1.29, 1.82) is 0 Å². The quantitative estimate of drug-likeness (QED) is 0.732. The van der Waals surface area contributed by atoms with E-state index in [0.717, 1.165) is 17.2 Å². The molecule has 0 aromatic carbocycles. The number of rotatable bonds is 2. The predicted octanol–water partition coefficient (Wildman–Crippen LogP) is 2.97. The minimum absolute atomic E-state index is 0.593. The van der Waals surface area contributed by atoms with Gasteiger partial charge in [-0.2, -0.15) is 0 Å². The highest BCUT2D eigenvalue weighted by Gasteiger charge is 2.10. The number of thiazole rings is 1. The standard InChI is InChI=1S/C10H14N2S/c1-8-7-13-10(11-8)12-9-5-3-2-4-6-9/h2-3,7,9H,4-6H2,1H3,(H,11,12). The van der Waals surface area contributed by atoms with E-state index in [2.05, 4.69) is 27.8 Å². The second kappa shape index (κ2) is 3.92. The number of hydrogen-bond donors (Lipinski definition) is 1. The van der Waals surface area contributed by atoms with Crippen LogP contribution in [0.3, 0.4) is 0 Å². The van der Waals surface area contributed by atoms with E-state index in [1.807, 2.05) is 6.92 Å². The molecule has 1 aromatic rings. The maximum Gasteiger partial charge on any atom is 0.183 e. The van der Waals surface area contributed by atoms with Gasteiger partial charge in [0, 0.05) is 11.4 Å². The third-order valence-corrected chi connectivity index (χ3v) is 3.11. The molecule has 1 aliphatic rings. The fraction of sp³-hybridized carbons (Fsp3) is 0.500. The molecule has 0 saturated heterocycles. The van der Waals surface area contributed by atoms with E-state index in [1.54, 1.807) is 11.3 Å². The molecule has 70 valence electrons. The summed E-state index contributed by atoms with van der Waals surface area (Å²) in [6.45, 7) is 2.03. The minimum atomic E-state index is 0.593. The Morgan fingerprint density at radius 3 is 3.08 bits per heavy atom. The second-order valence-corrected chi connectivity index (χ2v) is 4.28. The lowest BCUT2D eigenvalue weighted by Crippen LogP contribution is -2.19. The van der Waals surface area contributed by atoms with Crippen molar-refractivity contribution in [2.45, 2.75) is 32.2 Å². The molecule has 1 unspecified atom stereocenters. The number of anilines is 1. The van der Waals surface area contributed by atoms with Crippen molar-refractivity contribution in [2.24, 2.45) is 0 Å². The number of hydrogen-bond acceptors (Lipinski definition) is 3. The number of aromatic nitrogens is 1. The molecule has 2 rings (SSSR count). The van der Waals surface area contributed by atoms with Crippen LogP contribution in [0.25, 0.3) is 0 Å². The van der Waals surface area contributed by atoms with Gasteiger partial charge in [0.05, 0.1) is 5.69 Å². The van der Waals surface area contributed by atoms with E-state index < -0.39 is 0 Å². The van der Waals surface area contributed by atoms with Crippen molar-refractivity contribution in [3.63, 3.8) is 0 Å². The molecule has 0 radical (unpaired) electrons. The first kappa shape index (κ1) is 8.75. The van der Waals surface area contributed by atoms with E-state index in [0.29, 0.717) is 6.04 Å². The Hall–Kier alpha value is -0.830. The van der Waals surface area contributed by atoms with Crippen molar-refractivity contribution in [3.05, 3.63) is 23.2 Å². The topological polar surface area (TPSA) is 24.9 Å². The van der Waals surface area contributed by atoms with Gasteiger partial charge in [0.25, 0.3) is 0 Å². The maximum atomic E-state index is 4.39. The van der Waals surface area contributed by atoms with Gasteiger partial charge in [0.1, 0.15) is 0 Å². The van der Waals surface area contributed by atoms with Crippen molar-refractivity contribution in [2.75, 3.05) is 5.32 Å². The first-order valence-corrected chi connectivity index (χ1v) is 5.56. The van der Waals surface area contributed by atoms with Crippen LogP contribution in [0, 0.1) is 6.92 Å². The Morgan fingerprint density at radius 2 is 2.46 bits per heavy atom. The van der Waals surface area contributed by atoms with Gasteiger partial charge in [-0.15, -0.1) is 11.3 Å². The van der Waals surface area contributed by atoms with Gasteiger partial charge >= 0.3 is 0 Å². The average Bonchev–Trinajstić information content (AvgIpc) is 2.53. The van der Waals surface area contributed by atoms with Crippen LogP contribution < -0.4 is 5.32 Å². The molecule has 1 N–H and O–H groups in total. The zero-order chi connectivity index (χ0) is 9.10. The molecule has 0 spiro atoms. The molecule has 1 aromatic heterocycles. The molecule has 2 nitrogen and oxygen atoms in total. The highest BCUT2D eigenvalue weighted by Crippen LogP contribution is 2.20. The lowest BCUT2D eigenvalue weighted by atomic mass is 10.0. The Bertz CT molecular complexity index is 304. The molecule has 0 fully saturated rings. The van der Waals surface area contributed by atoms with Gasteiger partial charge in [0.2, 0.25) is 0 Å². The fourth-order valence-electron chi connectivity index (χ4n) is 1.52. The normalized spacial score (nSPS) is 21.8. The van der Waals surface area contributed by atoms with Gasteiger partial charge in [-0.3, -0.25) is 0 Å². The van der Waals surface area contributed by atoms with E-state index in [4.69, 9.17) is 0 Å². The summed E-state index contributed by atoms with van der Waals surface area (Å²) in [5.41, 5.74) is 1.11. The second-order valence-electron chi connectivity index (χ2n) is 3.42. The number of aryl methyl sites for hydroxylation is 1. The summed E-state index contributed by atoms with van der Waals surface area (Å²) >= 11 is 1.70. The number of nitrogens with zero attached hydrogens (tertiary/aromatic N) is 1. The largest absolute Gasteiger partial charge is 0.358 e. The summed E-state index contributed by atoms with van der Waals surface area (Å²) in [6.07, 6.45) is 8.07. The Balaban J connectivity index is 1.94. The fourth-order valence-corrected chi connectivity index (χ4v) is 2.29. The molecular formula is C10H14N2S. The van der Waals surface area contributed by atoms with Crippen molar-refractivity contribution in [1.82, 2.24) is 4.98 Å². The first-order valence-electron chi connectivity index (χ1n) is 4.68. The molecule has 13 heavy (non-hydrogen) atoms. The molecule has 0 bridgehead atoms. The zero-order valence-electron chi connectivity index (χ0n) is 7.79. The Labute approximate surface area is 82.7 Å². The van der Waals surface area contributed by atoms with Crippen molar-refractivity contribution < 1.29 is 0 Å². The molecule has 3 heteroatoms. The SMILES string of the molecule is Cc1csc(NC2CC=CCC2)n1. The third-order valence-electron chi connectivity index (χ3n) is 2.22. The predicted molar refractivity (Wildman–Crippen MR) is 57.3 cm³/mol. The van der Waals surface area contributed by atoms with E-state index in [-0.39, 0.29) is 0 Å². The highest BCUT2D eigenvalue weighted by molar-refractivity contribution is 7.13. The Morgan fingerprint density at radius 1 is 1.54 bits per heavy atom. The van der Waals surface area contributed by atoms with Crippen LogP contribution in [0.5, 0.6) is 0 Å². The number of allylic oxidation sites excluding steroid dienone is 1. The van der Waals surface area contributed by atoms with Gasteiger partial charge in [0.15, 0.2) is 5.13 Å². The molecule has 1 aliphatic carbocycles. The lowest BCUT2D eigenvalue weighted by Gasteiger charge is -2.18. The average molecular weight is 194 g/mol. The summed E-state index contributed by atoms with van der Waals surface area (Å²) in [5, 5.41) is 6.61. The summed E-state index contributed by atoms with van der Waals surface area (Å²) in [5.74, 6) is 0. The van der Waals surface area contributed by atoms with Crippen LogP contribution in [0.4, 0.5) is 5.13 Å². The summed E-state index contributed by atoms with van der Waals surface area (Å²) < 4.78 is 0. The number of nitrogens with one attached hydrogen (secondary N) is 1. The van der Waals surface area contributed by atoms with Crippen molar-refractivity contribution in [3.8, 4) is 0 Å². The van der Waals surface area contributed by atoms with E-state index >= 15 is 0 Å². The summed E-state index contributed by atoms with van der Waals surface area (Å²) in [6, 6.07) is 0.593. The van der Waals surface area contributed by atoms with E-state index in [9.17, 15) is 0 Å². The molecular weight excluding hydrogens is 180 g/mol. The molecule has 1 heterocycles. The zero-order valence-corrected chi connectivity index (χ0v) is 8.60. The monoisotopic (exact) mass is 194 g/mol. The van der Waals surface area contributed by atoms with Gasteiger partial charge in [-0.25, -0.2) is 4.98 Å². The van der Waals surface area contributed by atoms with Crippen LogP contribution in [-0.4, -0.2) is 11.0 Å². The van der Waals surface area contributed by atoms with Gasteiger partial charge in [-0.05, 0) is 26.2 Å². The lowest BCUT2D eigenvalue weighted by molar-refractivity contribution is 0.644. The van der Waals surface area contributed by atoms with Crippen molar-refractivity contribution >= 4 is 16.5 Å². The third kappa shape index (κ3) is 2.31. The molecule has 0 aliphatic heterocycles. The van der Waals surface area contributed by atoms with Crippen LogP contribution in [0.15, 0.2) is 17.5 Å². The van der Waals surface area contributed by atoms with Crippen LogP contribution in [-0.2, 0) is 0 Å². The minimum Gasteiger partial charge on any atom is -0.358 e. The van der Waals surface area contributed by atoms with Crippen LogP contribution in [0.1, 0.15) is 25.0 Å². The maximum absolute atomic E-state index is 4.39. The highest BCUT2D eigenvalue weighted by atomic mass is 32.1. The van der Waals surface area contributed by atoms with Gasteiger partial charge in [-0.1, -0.05) is 12.2 Å². The summed E-state index contributed by atoms with van der Waals surface area (Å²) in [7, 11) is 0. The molecule has 0 saturated carbocycles. The summed E-state index contributed by atoms with van der Waals surface area (Å²) in [4.78, 5) is 4.39. The smallest absolute Gasteiger partial charge is 0.183 e. The van der Waals surface area contributed by atoms with E-state index in [1.165, 1.54) is 12.8 Å². The Kier molecular flexibility index (Phi) is 2.64. The molecule has 1 atom stereocenters. The molecule has 0 amide bonds. The van der Waals surface area contributed by atoms with Crippen LogP contribution in [0.2, 0.25) is 0 Å².